The summed E-state index contributed by atoms with van der Waals surface area (Å²) in [7, 11) is -2.01. The lowest BCUT2D eigenvalue weighted by molar-refractivity contribution is 0.476. The summed E-state index contributed by atoms with van der Waals surface area (Å²) in [4.78, 5) is 0.240. The largest absolute Gasteiger partial charge is 0.385 e. The summed E-state index contributed by atoms with van der Waals surface area (Å²) in [5.41, 5.74) is 0.885. The van der Waals surface area contributed by atoms with Crippen molar-refractivity contribution in [2.75, 3.05) is 25.5 Å². The van der Waals surface area contributed by atoms with Crippen LogP contribution in [0.15, 0.2) is 29.2 Å². The van der Waals surface area contributed by atoms with E-state index in [1.54, 1.807) is 24.3 Å². The first kappa shape index (κ1) is 14.5. The molecule has 0 unspecified atom stereocenters. The van der Waals surface area contributed by atoms with E-state index in [4.69, 9.17) is 5.26 Å². The summed E-state index contributed by atoms with van der Waals surface area (Å²) in [5, 5.41) is 11.6. The molecular weight excluding hydrogens is 250 g/mol. The zero-order valence-corrected chi connectivity index (χ0v) is 11.4. The van der Waals surface area contributed by atoms with Crippen LogP contribution in [0.3, 0.4) is 0 Å². The van der Waals surface area contributed by atoms with Gasteiger partial charge in [-0.05, 0) is 31.2 Å². The van der Waals surface area contributed by atoms with E-state index >= 15 is 0 Å². The first-order chi connectivity index (χ1) is 8.52. The molecule has 18 heavy (non-hydrogen) atoms. The maximum absolute atomic E-state index is 12.1. The van der Waals surface area contributed by atoms with Crippen molar-refractivity contribution in [3.05, 3.63) is 24.3 Å². The van der Waals surface area contributed by atoms with Crippen molar-refractivity contribution in [1.29, 1.82) is 5.26 Å². The summed E-state index contributed by atoms with van der Waals surface area (Å²) in [6, 6.07) is 8.52. The van der Waals surface area contributed by atoms with Gasteiger partial charge in [0.1, 0.15) is 0 Å². The van der Waals surface area contributed by atoms with Crippen molar-refractivity contribution in [3.63, 3.8) is 0 Å². The maximum Gasteiger partial charge on any atom is 0.242 e. The van der Waals surface area contributed by atoms with Crippen molar-refractivity contribution in [2.45, 2.75) is 18.2 Å². The Hall–Kier alpha value is -1.58. The number of nitrogens with zero attached hydrogens (tertiary/aromatic N) is 2. The Morgan fingerprint density at radius 3 is 2.44 bits per heavy atom. The monoisotopic (exact) mass is 267 g/mol. The highest BCUT2D eigenvalue weighted by Crippen LogP contribution is 2.17. The fourth-order valence-corrected chi connectivity index (χ4v) is 2.63. The van der Waals surface area contributed by atoms with E-state index in [0.29, 0.717) is 0 Å². The summed E-state index contributed by atoms with van der Waals surface area (Å²) in [6.45, 7) is 2.96. The molecule has 0 aromatic heterocycles. The third-order valence-corrected chi connectivity index (χ3v) is 4.35. The Balaban J connectivity index is 2.88. The zero-order chi connectivity index (χ0) is 13.6. The highest BCUT2D eigenvalue weighted by molar-refractivity contribution is 7.89. The minimum atomic E-state index is -3.49. The molecule has 0 aliphatic heterocycles. The van der Waals surface area contributed by atoms with E-state index in [1.165, 1.54) is 11.4 Å². The second-order valence-electron chi connectivity index (χ2n) is 3.79. The molecule has 0 atom stereocenters. The van der Waals surface area contributed by atoms with Crippen molar-refractivity contribution in [1.82, 2.24) is 4.31 Å². The summed E-state index contributed by atoms with van der Waals surface area (Å²) in [5.74, 6) is 0. The number of hydrogen-bond acceptors (Lipinski definition) is 4. The Bertz CT molecular complexity index is 517. The first-order valence-corrected chi connectivity index (χ1v) is 7.13. The van der Waals surface area contributed by atoms with Crippen molar-refractivity contribution >= 4 is 15.7 Å². The van der Waals surface area contributed by atoms with E-state index in [9.17, 15) is 8.42 Å². The molecule has 1 aromatic rings. The number of rotatable bonds is 6. The SMILES string of the molecule is CCNc1ccc(S(=O)(=O)N(C)CCC#N)cc1. The third kappa shape index (κ3) is 3.45. The molecule has 0 saturated carbocycles. The lowest BCUT2D eigenvalue weighted by atomic mass is 10.3. The lowest BCUT2D eigenvalue weighted by Gasteiger charge is -2.15. The van der Waals surface area contributed by atoms with Gasteiger partial charge in [-0.15, -0.1) is 0 Å². The highest BCUT2D eigenvalue weighted by atomic mass is 32.2. The van der Waals surface area contributed by atoms with Gasteiger partial charge in [-0.1, -0.05) is 0 Å². The van der Waals surface area contributed by atoms with Crippen LogP contribution in [0.25, 0.3) is 0 Å². The van der Waals surface area contributed by atoms with Crippen LogP contribution >= 0.6 is 0 Å². The molecule has 0 fully saturated rings. The molecule has 1 N–H and O–H groups in total. The van der Waals surface area contributed by atoms with E-state index in [0.717, 1.165) is 12.2 Å². The number of sulfonamides is 1. The second-order valence-corrected chi connectivity index (χ2v) is 5.83. The lowest BCUT2D eigenvalue weighted by Crippen LogP contribution is -2.27. The molecule has 0 heterocycles. The number of hydrogen-bond donors (Lipinski definition) is 1. The molecule has 5 nitrogen and oxygen atoms in total. The number of benzene rings is 1. The van der Waals surface area contributed by atoms with Crippen molar-refractivity contribution < 1.29 is 8.42 Å². The van der Waals surface area contributed by atoms with E-state index < -0.39 is 10.0 Å². The summed E-state index contributed by atoms with van der Waals surface area (Å²) >= 11 is 0. The van der Waals surface area contributed by atoms with E-state index in [-0.39, 0.29) is 17.9 Å². The molecule has 0 radical (unpaired) electrons. The molecule has 0 bridgehead atoms. The van der Waals surface area contributed by atoms with Crippen LogP contribution in [-0.2, 0) is 10.0 Å². The third-order valence-electron chi connectivity index (χ3n) is 2.48. The number of anilines is 1. The molecule has 0 saturated heterocycles. The van der Waals surface area contributed by atoms with Gasteiger partial charge in [0, 0.05) is 32.2 Å². The summed E-state index contributed by atoms with van der Waals surface area (Å²) < 4.78 is 25.4. The van der Waals surface area contributed by atoms with Gasteiger partial charge in [0.25, 0.3) is 0 Å². The Kier molecular flexibility index (Phi) is 5.13. The second kappa shape index (κ2) is 6.38. The van der Waals surface area contributed by atoms with Crippen molar-refractivity contribution in [2.24, 2.45) is 0 Å². The van der Waals surface area contributed by atoms with Gasteiger partial charge in [0.2, 0.25) is 10.0 Å². The fraction of sp³-hybridized carbons (Fsp3) is 0.417. The Morgan fingerprint density at radius 1 is 1.33 bits per heavy atom. The van der Waals surface area contributed by atoms with E-state index in [1.807, 2.05) is 13.0 Å². The van der Waals surface area contributed by atoms with Crippen LogP contribution < -0.4 is 5.32 Å². The van der Waals surface area contributed by atoms with Gasteiger partial charge < -0.3 is 5.32 Å². The van der Waals surface area contributed by atoms with Crippen LogP contribution in [0.5, 0.6) is 0 Å². The quantitative estimate of drug-likeness (QED) is 0.850. The van der Waals surface area contributed by atoms with Crippen LogP contribution in [0.1, 0.15) is 13.3 Å². The van der Waals surface area contributed by atoms with E-state index in [2.05, 4.69) is 5.32 Å². The molecule has 98 valence electrons. The first-order valence-electron chi connectivity index (χ1n) is 5.69. The van der Waals surface area contributed by atoms with Gasteiger partial charge in [-0.25, -0.2) is 8.42 Å². The van der Waals surface area contributed by atoms with Gasteiger partial charge >= 0.3 is 0 Å². The average molecular weight is 267 g/mol. The topological polar surface area (TPSA) is 73.2 Å². The highest BCUT2D eigenvalue weighted by Gasteiger charge is 2.19. The normalized spacial score (nSPS) is 11.2. The van der Waals surface area contributed by atoms with Crippen LogP contribution in [0.2, 0.25) is 0 Å². The summed E-state index contributed by atoms with van der Waals surface area (Å²) in [6.07, 6.45) is 0.186. The number of nitriles is 1. The zero-order valence-electron chi connectivity index (χ0n) is 10.5. The Morgan fingerprint density at radius 2 is 1.94 bits per heavy atom. The van der Waals surface area contributed by atoms with Crippen LogP contribution in [-0.4, -0.2) is 32.9 Å². The van der Waals surface area contributed by atoms with Gasteiger partial charge in [0.15, 0.2) is 0 Å². The van der Waals surface area contributed by atoms with Crippen LogP contribution in [0, 0.1) is 11.3 Å². The molecule has 1 aromatic carbocycles. The standard InChI is InChI=1S/C12H17N3O2S/c1-3-14-11-5-7-12(8-6-11)18(16,17)15(2)10-4-9-13/h5-8,14H,3-4,10H2,1-2H3. The average Bonchev–Trinajstić information content (AvgIpc) is 2.37. The Labute approximate surface area is 108 Å². The molecule has 1 rings (SSSR count). The van der Waals surface area contributed by atoms with Crippen molar-refractivity contribution in [3.8, 4) is 6.07 Å². The minimum absolute atomic E-state index is 0.186. The predicted molar refractivity (Wildman–Crippen MR) is 70.7 cm³/mol. The van der Waals surface area contributed by atoms with Gasteiger partial charge in [-0.3, -0.25) is 0 Å². The molecule has 0 spiro atoms. The molecular formula is C12H17N3O2S. The number of nitrogens with one attached hydrogen (secondary N) is 1. The van der Waals surface area contributed by atoms with Gasteiger partial charge in [0.05, 0.1) is 11.0 Å². The molecule has 6 heteroatoms. The minimum Gasteiger partial charge on any atom is -0.385 e. The molecule has 0 amide bonds. The van der Waals surface area contributed by atoms with Crippen LogP contribution in [0.4, 0.5) is 5.69 Å². The maximum atomic E-state index is 12.1. The molecule has 0 aliphatic rings. The smallest absolute Gasteiger partial charge is 0.242 e. The van der Waals surface area contributed by atoms with Gasteiger partial charge in [-0.2, -0.15) is 9.57 Å². The molecule has 0 aliphatic carbocycles. The predicted octanol–water partition coefficient (Wildman–Crippen LogP) is 1.65. The fourth-order valence-electron chi connectivity index (χ4n) is 1.46.